The van der Waals surface area contributed by atoms with Crippen molar-refractivity contribution in [2.24, 2.45) is 0 Å². The van der Waals surface area contributed by atoms with Crippen molar-refractivity contribution >= 4 is 6.09 Å². The third kappa shape index (κ3) is 3.08. The molecule has 1 aliphatic heterocycles. The zero-order chi connectivity index (χ0) is 11.3. The fourth-order valence-electron chi connectivity index (χ4n) is 1.50. The van der Waals surface area contributed by atoms with Gasteiger partial charge in [-0.05, 0) is 6.42 Å². The number of nitrogens with zero attached hydrogens (tertiary/aromatic N) is 2. The molecule has 0 aliphatic carbocycles. The number of halogens is 1. The largest absolute Gasteiger partial charge is 0.449 e. The number of hydrogen-bond donors (Lipinski definition) is 0. The van der Waals surface area contributed by atoms with Gasteiger partial charge >= 0.3 is 6.09 Å². The topological polar surface area (TPSA) is 53.3 Å². The predicted molar refractivity (Wildman–Crippen MR) is 51.9 cm³/mol. The Bertz CT molecular complexity index is 265. The van der Waals surface area contributed by atoms with Gasteiger partial charge in [0.05, 0.1) is 19.2 Å². The molecule has 1 fully saturated rings. The molecule has 5 heteroatoms. The van der Waals surface area contributed by atoms with Crippen LogP contribution in [0.5, 0.6) is 0 Å². The molecule has 1 rings (SSSR count). The van der Waals surface area contributed by atoms with E-state index < -0.39 is 18.3 Å². The van der Waals surface area contributed by atoms with Crippen LogP contribution < -0.4 is 0 Å². The SMILES string of the molecule is CCCCOC(=O)N1CC(F)CC1C#N. The second-order valence-electron chi connectivity index (χ2n) is 3.60. The molecule has 0 spiro atoms. The number of ether oxygens (including phenoxy) is 1. The molecule has 15 heavy (non-hydrogen) atoms. The Morgan fingerprint density at radius 2 is 2.47 bits per heavy atom. The monoisotopic (exact) mass is 214 g/mol. The first-order valence-electron chi connectivity index (χ1n) is 5.16. The van der Waals surface area contributed by atoms with Gasteiger partial charge in [0.1, 0.15) is 12.2 Å². The first-order valence-corrected chi connectivity index (χ1v) is 5.16. The van der Waals surface area contributed by atoms with Crippen molar-refractivity contribution in [1.82, 2.24) is 4.90 Å². The van der Waals surface area contributed by atoms with Crippen LogP contribution >= 0.6 is 0 Å². The maximum atomic E-state index is 13.0. The summed E-state index contributed by atoms with van der Waals surface area (Å²) in [5.74, 6) is 0. The lowest BCUT2D eigenvalue weighted by Gasteiger charge is -2.18. The Labute approximate surface area is 88.6 Å². The lowest BCUT2D eigenvalue weighted by molar-refractivity contribution is 0.101. The van der Waals surface area contributed by atoms with E-state index in [9.17, 15) is 9.18 Å². The van der Waals surface area contributed by atoms with Crippen molar-refractivity contribution in [2.45, 2.75) is 38.4 Å². The van der Waals surface area contributed by atoms with E-state index in [1.165, 1.54) is 4.90 Å². The van der Waals surface area contributed by atoms with Gasteiger partial charge < -0.3 is 4.74 Å². The molecule has 2 unspecified atom stereocenters. The average Bonchev–Trinajstić information content (AvgIpc) is 2.60. The summed E-state index contributed by atoms with van der Waals surface area (Å²) in [6.45, 7) is 2.30. The van der Waals surface area contributed by atoms with E-state index in [1.807, 2.05) is 13.0 Å². The summed E-state index contributed by atoms with van der Waals surface area (Å²) in [4.78, 5) is 12.6. The Balaban J connectivity index is 2.41. The molecule has 0 bridgehead atoms. The van der Waals surface area contributed by atoms with Crippen LogP contribution in [-0.4, -0.2) is 36.4 Å². The predicted octanol–water partition coefficient (Wildman–Crippen LogP) is 1.86. The summed E-state index contributed by atoms with van der Waals surface area (Å²) in [6, 6.07) is 1.23. The van der Waals surface area contributed by atoms with Crippen molar-refractivity contribution in [3.8, 4) is 6.07 Å². The molecular weight excluding hydrogens is 199 g/mol. The molecule has 0 radical (unpaired) electrons. The summed E-state index contributed by atoms with van der Waals surface area (Å²) >= 11 is 0. The van der Waals surface area contributed by atoms with Crippen LogP contribution in [0.25, 0.3) is 0 Å². The molecule has 1 amide bonds. The lowest BCUT2D eigenvalue weighted by atomic mass is 10.2. The van der Waals surface area contributed by atoms with E-state index in [2.05, 4.69) is 0 Å². The standard InChI is InChI=1S/C10H15FN2O2/c1-2-3-4-15-10(14)13-7-8(11)5-9(13)6-12/h8-9H,2-5,7H2,1H3. The minimum absolute atomic E-state index is 0.0246. The van der Waals surface area contributed by atoms with E-state index in [4.69, 9.17) is 10.00 Å². The van der Waals surface area contributed by atoms with Crippen molar-refractivity contribution in [1.29, 1.82) is 5.26 Å². The van der Waals surface area contributed by atoms with E-state index in [0.29, 0.717) is 6.61 Å². The molecule has 84 valence electrons. The van der Waals surface area contributed by atoms with Gasteiger partial charge in [-0.15, -0.1) is 0 Å². The second-order valence-corrected chi connectivity index (χ2v) is 3.60. The summed E-state index contributed by atoms with van der Waals surface area (Å²) in [5, 5.41) is 8.71. The zero-order valence-electron chi connectivity index (χ0n) is 8.78. The smallest absolute Gasteiger partial charge is 0.410 e. The van der Waals surface area contributed by atoms with E-state index >= 15 is 0 Å². The molecule has 0 saturated carbocycles. The Morgan fingerprint density at radius 3 is 3.07 bits per heavy atom. The Hall–Kier alpha value is -1.31. The minimum atomic E-state index is -1.10. The highest BCUT2D eigenvalue weighted by Gasteiger charge is 2.36. The van der Waals surface area contributed by atoms with E-state index in [0.717, 1.165) is 12.8 Å². The number of unbranched alkanes of at least 4 members (excludes halogenated alkanes) is 1. The summed E-state index contributed by atoms with van der Waals surface area (Å²) in [5.41, 5.74) is 0. The molecule has 0 aromatic rings. The number of carbonyl (C=O) groups is 1. The van der Waals surface area contributed by atoms with Crippen LogP contribution in [0.1, 0.15) is 26.2 Å². The van der Waals surface area contributed by atoms with Gasteiger partial charge in [-0.1, -0.05) is 13.3 Å². The maximum absolute atomic E-state index is 13.0. The van der Waals surface area contributed by atoms with E-state index in [1.54, 1.807) is 0 Å². The molecular formula is C10H15FN2O2. The Kier molecular flexibility index (Phi) is 4.35. The highest BCUT2D eigenvalue weighted by atomic mass is 19.1. The van der Waals surface area contributed by atoms with Crippen molar-refractivity contribution in [3.05, 3.63) is 0 Å². The maximum Gasteiger partial charge on any atom is 0.410 e. The third-order valence-electron chi connectivity index (χ3n) is 2.36. The quantitative estimate of drug-likeness (QED) is 0.674. The molecule has 1 saturated heterocycles. The first-order chi connectivity index (χ1) is 7.19. The van der Waals surface area contributed by atoms with Gasteiger partial charge in [-0.2, -0.15) is 5.26 Å². The number of nitriles is 1. The van der Waals surface area contributed by atoms with Gasteiger partial charge in [0.15, 0.2) is 0 Å². The minimum Gasteiger partial charge on any atom is -0.449 e. The van der Waals surface area contributed by atoms with Crippen LogP contribution in [0.2, 0.25) is 0 Å². The van der Waals surface area contributed by atoms with Crippen LogP contribution in [0.3, 0.4) is 0 Å². The van der Waals surface area contributed by atoms with Crippen molar-refractivity contribution < 1.29 is 13.9 Å². The highest BCUT2D eigenvalue weighted by Crippen LogP contribution is 2.20. The van der Waals surface area contributed by atoms with Gasteiger partial charge in [-0.25, -0.2) is 9.18 Å². The van der Waals surface area contributed by atoms with Crippen LogP contribution in [0.15, 0.2) is 0 Å². The normalized spacial score (nSPS) is 25.0. The number of alkyl halides is 1. The molecule has 4 nitrogen and oxygen atoms in total. The fourth-order valence-corrected chi connectivity index (χ4v) is 1.50. The van der Waals surface area contributed by atoms with Crippen LogP contribution in [0.4, 0.5) is 9.18 Å². The highest BCUT2D eigenvalue weighted by molar-refractivity contribution is 5.69. The number of hydrogen-bond acceptors (Lipinski definition) is 3. The second kappa shape index (κ2) is 5.54. The lowest BCUT2D eigenvalue weighted by Crippen LogP contribution is -2.35. The van der Waals surface area contributed by atoms with Gasteiger partial charge in [0.2, 0.25) is 0 Å². The molecule has 0 aromatic carbocycles. The van der Waals surface area contributed by atoms with Gasteiger partial charge in [-0.3, -0.25) is 4.90 Å². The number of rotatable bonds is 3. The fraction of sp³-hybridized carbons (Fsp3) is 0.800. The molecule has 2 atom stereocenters. The van der Waals surface area contributed by atoms with Crippen LogP contribution in [0, 0.1) is 11.3 Å². The third-order valence-corrected chi connectivity index (χ3v) is 2.36. The summed E-state index contributed by atoms with van der Waals surface area (Å²) in [7, 11) is 0. The summed E-state index contributed by atoms with van der Waals surface area (Å²) < 4.78 is 17.9. The molecule has 0 aromatic heterocycles. The van der Waals surface area contributed by atoms with Crippen molar-refractivity contribution in [2.75, 3.05) is 13.2 Å². The zero-order valence-corrected chi connectivity index (χ0v) is 8.78. The average molecular weight is 214 g/mol. The molecule has 1 aliphatic rings. The van der Waals surface area contributed by atoms with Crippen molar-refractivity contribution in [3.63, 3.8) is 0 Å². The number of carbonyl (C=O) groups excluding carboxylic acids is 1. The molecule has 1 heterocycles. The Morgan fingerprint density at radius 1 is 1.73 bits per heavy atom. The van der Waals surface area contributed by atoms with Crippen LogP contribution in [-0.2, 0) is 4.74 Å². The summed E-state index contributed by atoms with van der Waals surface area (Å²) in [6.07, 6.45) is 0.138. The molecule has 0 N–H and O–H groups in total. The first kappa shape index (κ1) is 11.8. The van der Waals surface area contributed by atoms with E-state index in [-0.39, 0.29) is 13.0 Å². The van der Waals surface area contributed by atoms with Gasteiger partial charge in [0.25, 0.3) is 0 Å². The number of amides is 1. The van der Waals surface area contributed by atoms with Gasteiger partial charge in [0, 0.05) is 6.42 Å². The number of likely N-dealkylation sites (tertiary alicyclic amines) is 1.